The van der Waals surface area contributed by atoms with E-state index in [9.17, 15) is 5.11 Å². The normalized spacial score (nSPS) is 12.4. The van der Waals surface area contributed by atoms with E-state index in [1.54, 1.807) is 18.2 Å². The molecule has 1 aromatic carbocycles. The molecule has 0 aliphatic heterocycles. The molecule has 0 atom stereocenters. The van der Waals surface area contributed by atoms with Crippen molar-refractivity contribution < 1.29 is 9.84 Å². The van der Waals surface area contributed by atoms with Crippen LogP contribution in [0.4, 0.5) is 0 Å². The Bertz CT molecular complexity index is 496. The average molecular weight is 243 g/mol. The molecule has 1 aromatic rings. The quantitative estimate of drug-likeness (QED) is 0.369. The molecule has 0 aliphatic carbocycles. The predicted octanol–water partition coefficient (Wildman–Crippen LogP) is 3.87. The number of diazo groups is 1. The molecule has 0 bridgehead atoms. The smallest absolute Gasteiger partial charge is 0.464 e. The average Bonchev–Trinajstić information content (AvgIpc) is 2.41. The molecule has 1 N–H and O–H groups in total. The standard InChI is InChI=1S/C14H14N2O2/c1-2-3-11-18-14(17)13(16-15)10-9-12-7-5-4-6-8-12/h2-10H,11H2,1H3/p+1/b3-2+,10-9+,14-13-. The number of rotatable bonds is 5. The molecule has 0 saturated carbocycles. The summed E-state index contributed by atoms with van der Waals surface area (Å²) in [6, 6.07) is 9.47. The third-order valence-electron chi connectivity index (χ3n) is 2.11. The molecule has 0 aliphatic rings. The van der Waals surface area contributed by atoms with Crippen LogP contribution in [0.25, 0.3) is 11.1 Å². The van der Waals surface area contributed by atoms with Crippen molar-refractivity contribution in [2.24, 2.45) is 0 Å². The second kappa shape index (κ2) is 7.69. The van der Waals surface area contributed by atoms with Crippen LogP contribution >= 0.6 is 0 Å². The zero-order valence-electron chi connectivity index (χ0n) is 10.2. The first-order valence-electron chi connectivity index (χ1n) is 5.53. The second-order valence-electron chi connectivity index (χ2n) is 3.41. The first-order chi connectivity index (χ1) is 8.77. The molecule has 0 unspecified atom stereocenters. The van der Waals surface area contributed by atoms with Crippen LogP contribution in [0.5, 0.6) is 0 Å². The Kier molecular flexibility index (Phi) is 5.78. The van der Waals surface area contributed by atoms with Gasteiger partial charge in [-0.05, 0) is 18.6 Å². The van der Waals surface area contributed by atoms with Crippen molar-refractivity contribution in [2.75, 3.05) is 6.61 Å². The fourth-order valence-electron chi connectivity index (χ4n) is 1.18. The van der Waals surface area contributed by atoms with Gasteiger partial charge >= 0.3 is 11.6 Å². The van der Waals surface area contributed by atoms with Crippen molar-refractivity contribution in [2.45, 2.75) is 6.92 Å². The summed E-state index contributed by atoms with van der Waals surface area (Å²) in [6.45, 7) is 2.07. The van der Waals surface area contributed by atoms with Crippen LogP contribution in [0.3, 0.4) is 0 Å². The van der Waals surface area contributed by atoms with Crippen LogP contribution in [0, 0.1) is 5.39 Å². The van der Waals surface area contributed by atoms with E-state index in [1.165, 1.54) is 6.08 Å². The van der Waals surface area contributed by atoms with Crippen LogP contribution < -0.4 is 0 Å². The Morgan fingerprint density at radius 1 is 1.39 bits per heavy atom. The van der Waals surface area contributed by atoms with Crippen LogP contribution in [0.15, 0.2) is 60.2 Å². The van der Waals surface area contributed by atoms with Crippen molar-refractivity contribution in [3.05, 3.63) is 70.7 Å². The van der Waals surface area contributed by atoms with Crippen LogP contribution in [-0.2, 0) is 4.74 Å². The van der Waals surface area contributed by atoms with Gasteiger partial charge in [0.15, 0.2) is 4.98 Å². The van der Waals surface area contributed by atoms with Crippen molar-refractivity contribution in [3.8, 4) is 0 Å². The summed E-state index contributed by atoms with van der Waals surface area (Å²) in [6.07, 6.45) is 6.71. The number of allylic oxidation sites excluding steroid dienone is 2. The number of ether oxygens (including phenoxy) is 1. The lowest BCUT2D eigenvalue weighted by molar-refractivity contribution is 0.110. The predicted molar refractivity (Wildman–Crippen MR) is 71.0 cm³/mol. The molecule has 0 aromatic heterocycles. The maximum atomic E-state index is 9.53. The molecule has 4 nitrogen and oxygen atoms in total. The molecule has 0 radical (unpaired) electrons. The zero-order chi connectivity index (χ0) is 13.2. The van der Waals surface area contributed by atoms with Crippen molar-refractivity contribution >= 4 is 6.08 Å². The van der Waals surface area contributed by atoms with Gasteiger partial charge in [-0.15, -0.1) is 0 Å². The lowest BCUT2D eigenvalue weighted by atomic mass is 10.2. The molecule has 0 amide bonds. The van der Waals surface area contributed by atoms with E-state index in [0.29, 0.717) is 0 Å². The van der Waals surface area contributed by atoms with Crippen LogP contribution in [-0.4, -0.2) is 11.7 Å². The highest BCUT2D eigenvalue weighted by molar-refractivity contribution is 5.53. The van der Waals surface area contributed by atoms with Gasteiger partial charge in [0.25, 0.3) is 0 Å². The van der Waals surface area contributed by atoms with Gasteiger partial charge in [0, 0.05) is 6.08 Å². The Labute approximate surface area is 106 Å². The maximum absolute atomic E-state index is 9.53. The summed E-state index contributed by atoms with van der Waals surface area (Å²) in [4.78, 5) is 2.98. The van der Waals surface area contributed by atoms with Crippen molar-refractivity contribution in [3.63, 3.8) is 0 Å². The van der Waals surface area contributed by atoms with E-state index in [1.807, 2.05) is 37.3 Å². The SMILES string of the molecule is C/C=C/CO/C(O)=C(/C=C/c1ccccc1)[N+]#N. The summed E-state index contributed by atoms with van der Waals surface area (Å²) in [5.74, 6) is -0.414. The Morgan fingerprint density at radius 2 is 2.11 bits per heavy atom. The van der Waals surface area contributed by atoms with Gasteiger partial charge in [-0.1, -0.05) is 42.5 Å². The number of aliphatic hydroxyl groups excluding tert-OH is 1. The minimum atomic E-state index is -0.414. The molecule has 0 saturated heterocycles. The molecule has 4 heteroatoms. The minimum Gasteiger partial charge on any atom is -0.475 e. The number of benzene rings is 1. The van der Waals surface area contributed by atoms with E-state index >= 15 is 0 Å². The Hall–Kier alpha value is -2.54. The number of aliphatic hydroxyl groups is 1. The van der Waals surface area contributed by atoms with Gasteiger partial charge in [-0.25, -0.2) is 0 Å². The summed E-state index contributed by atoms with van der Waals surface area (Å²) in [5, 5.41) is 18.3. The van der Waals surface area contributed by atoms with Gasteiger partial charge in [0.1, 0.15) is 6.61 Å². The fraction of sp³-hybridized carbons (Fsp3) is 0.143. The molecular formula is C14H15N2O2+. The first-order valence-corrected chi connectivity index (χ1v) is 5.53. The number of hydrogen-bond acceptors (Lipinski definition) is 3. The second-order valence-corrected chi connectivity index (χ2v) is 3.41. The summed E-state index contributed by atoms with van der Waals surface area (Å²) >= 11 is 0. The number of nitrogens with zero attached hydrogens (tertiary/aromatic N) is 2. The highest BCUT2D eigenvalue weighted by atomic mass is 16.6. The molecule has 0 heterocycles. The monoisotopic (exact) mass is 243 g/mol. The molecule has 18 heavy (non-hydrogen) atoms. The van der Waals surface area contributed by atoms with E-state index in [0.717, 1.165) is 5.56 Å². The lowest BCUT2D eigenvalue weighted by Gasteiger charge is -1.96. The summed E-state index contributed by atoms with van der Waals surface area (Å²) in [5.41, 5.74) is 0.906. The van der Waals surface area contributed by atoms with Gasteiger partial charge in [0.2, 0.25) is 5.39 Å². The highest BCUT2D eigenvalue weighted by Crippen LogP contribution is 2.10. The van der Waals surface area contributed by atoms with E-state index in [4.69, 9.17) is 10.1 Å². The largest absolute Gasteiger partial charge is 0.475 e. The Balaban J connectivity index is 2.75. The molecular weight excluding hydrogens is 228 g/mol. The summed E-state index contributed by atoms with van der Waals surface area (Å²) < 4.78 is 4.97. The Morgan fingerprint density at radius 3 is 2.72 bits per heavy atom. The molecule has 92 valence electrons. The zero-order valence-corrected chi connectivity index (χ0v) is 10.2. The van der Waals surface area contributed by atoms with Crippen LogP contribution in [0.2, 0.25) is 0 Å². The van der Waals surface area contributed by atoms with E-state index in [-0.39, 0.29) is 12.3 Å². The van der Waals surface area contributed by atoms with Gasteiger partial charge in [0.05, 0.1) is 0 Å². The molecule has 0 fully saturated rings. The minimum absolute atomic E-state index is 0.0247. The fourth-order valence-corrected chi connectivity index (χ4v) is 1.18. The van der Waals surface area contributed by atoms with Crippen molar-refractivity contribution in [1.82, 2.24) is 0 Å². The molecule has 1 rings (SSSR count). The maximum Gasteiger partial charge on any atom is 0.464 e. The number of hydrogen-bond donors (Lipinski definition) is 1. The van der Waals surface area contributed by atoms with E-state index < -0.39 is 5.95 Å². The molecule has 0 spiro atoms. The van der Waals surface area contributed by atoms with Crippen molar-refractivity contribution in [1.29, 1.82) is 5.39 Å². The summed E-state index contributed by atoms with van der Waals surface area (Å²) in [7, 11) is 0. The third kappa shape index (κ3) is 4.54. The van der Waals surface area contributed by atoms with Gasteiger partial charge < -0.3 is 9.84 Å². The lowest BCUT2D eigenvalue weighted by Crippen LogP contribution is -1.93. The van der Waals surface area contributed by atoms with E-state index in [2.05, 4.69) is 4.98 Å². The highest BCUT2D eigenvalue weighted by Gasteiger charge is 2.16. The van der Waals surface area contributed by atoms with Crippen LogP contribution in [0.1, 0.15) is 12.5 Å². The van der Waals surface area contributed by atoms with Gasteiger partial charge in [-0.2, -0.15) is 0 Å². The van der Waals surface area contributed by atoms with Gasteiger partial charge in [-0.3, -0.25) is 0 Å². The topological polar surface area (TPSA) is 57.6 Å². The third-order valence-corrected chi connectivity index (χ3v) is 2.11. The first kappa shape index (κ1) is 13.5.